The molecule has 0 aromatic heterocycles. The van der Waals surface area contributed by atoms with E-state index in [4.69, 9.17) is 14.2 Å². The van der Waals surface area contributed by atoms with E-state index < -0.39 is 11.9 Å². The van der Waals surface area contributed by atoms with Crippen LogP contribution in [0.4, 0.5) is 0 Å². The summed E-state index contributed by atoms with van der Waals surface area (Å²) in [5, 5.41) is 0. The van der Waals surface area contributed by atoms with Gasteiger partial charge in [-0.15, -0.1) is 0 Å². The zero-order valence-electron chi connectivity index (χ0n) is 12.9. The smallest absolute Gasteiger partial charge is 0.343 e. The standard InChI is InChI=1S/C15H18O7/c1-18-11-7-10(5-6-13(16)20-3)8-12(19-2)15(11)22-9-14(17)21-4/h5-8H,9H2,1-4H3. The fourth-order valence-electron chi connectivity index (χ4n) is 1.56. The summed E-state index contributed by atoms with van der Waals surface area (Å²) in [5.74, 6) is -0.0334. The summed E-state index contributed by atoms with van der Waals surface area (Å²) in [5.41, 5.74) is 0.643. The van der Waals surface area contributed by atoms with Crippen molar-refractivity contribution < 1.29 is 33.3 Å². The minimum atomic E-state index is -0.529. The molecule has 1 rings (SSSR count). The number of esters is 2. The van der Waals surface area contributed by atoms with Crippen molar-refractivity contribution in [3.05, 3.63) is 23.8 Å². The van der Waals surface area contributed by atoms with Gasteiger partial charge in [0.1, 0.15) is 0 Å². The fourth-order valence-corrected chi connectivity index (χ4v) is 1.56. The number of ether oxygens (including phenoxy) is 5. The van der Waals surface area contributed by atoms with Crippen molar-refractivity contribution >= 4 is 18.0 Å². The molecule has 0 heterocycles. The third kappa shape index (κ3) is 4.69. The Morgan fingerprint density at radius 1 is 1.00 bits per heavy atom. The predicted octanol–water partition coefficient (Wildman–Crippen LogP) is 1.44. The van der Waals surface area contributed by atoms with Crippen LogP contribution in [0.3, 0.4) is 0 Å². The Morgan fingerprint density at radius 3 is 2.05 bits per heavy atom. The Balaban J connectivity index is 3.09. The van der Waals surface area contributed by atoms with E-state index in [2.05, 4.69) is 9.47 Å². The van der Waals surface area contributed by atoms with Crippen molar-refractivity contribution in [2.75, 3.05) is 35.0 Å². The van der Waals surface area contributed by atoms with Crippen LogP contribution in [0.2, 0.25) is 0 Å². The van der Waals surface area contributed by atoms with Crippen LogP contribution in [0.15, 0.2) is 18.2 Å². The van der Waals surface area contributed by atoms with Crippen molar-refractivity contribution in [3.8, 4) is 17.2 Å². The summed E-state index contributed by atoms with van der Waals surface area (Å²) < 4.78 is 24.8. The van der Waals surface area contributed by atoms with Gasteiger partial charge in [0.2, 0.25) is 5.75 Å². The van der Waals surface area contributed by atoms with E-state index in [1.807, 2.05) is 0 Å². The molecule has 0 unspecified atom stereocenters. The number of benzene rings is 1. The summed E-state index contributed by atoms with van der Waals surface area (Å²) in [6.45, 7) is -0.277. The molecular weight excluding hydrogens is 292 g/mol. The van der Waals surface area contributed by atoms with Crippen molar-refractivity contribution in [3.63, 3.8) is 0 Å². The highest BCUT2D eigenvalue weighted by molar-refractivity contribution is 5.87. The molecule has 0 atom stereocenters. The SMILES string of the molecule is COC(=O)C=Cc1cc(OC)c(OCC(=O)OC)c(OC)c1. The zero-order valence-corrected chi connectivity index (χ0v) is 12.9. The van der Waals surface area contributed by atoms with Crippen molar-refractivity contribution in [1.82, 2.24) is 0 Å². The van der Waals surface area contributed by atoms with Crippen LogP contribution in [0, 0.1) is 0 Å². The van der Waals surface area contributed by atoms with Gasteiger partial charge < -0.3 is 23.7 Å². The van der Waals surface area contributed by atoms with E-state index >= 15 is 0 Å². The quantitative estimate of drug-likeness (QED) is 0.557. The Bertz CT molecular complexity index is 538. The van der Waals surface area contributed by atoms with Gasteiger partial charge in [-0.05, 0) is 23.8 Å². The number of rotatable bonds is 7. The maximum atomic E-state index is 11.2. The van der Waals surface area contributed by atoms with E-state index in [-0.39, 0.29) is 12.4 Å². The molecule has 7 nitrogen and oxygen atoms in total. The monoisotopic (exact) mass is 310 g/mol. The van der Waals surface area contributed by atoms with E-state index in [9.17, 15) is 9.59 Å². The van der Waals surface area contributed by atoms with Gasteiger partial charge in [0.25, 0.3) is 0 Å². The molecule has 22 heavy (non-hydrogen) atoms. The predicted molar refractivity (Wildman–Crippen MR) is 78.1 cm³/mol. The Hall–Kier alpha value is -2.70. The second-order valence-electron chi connectivity index (χ2n) is 3.98. The van der Waals surface area contributed by atoms with Crippen LogP contribution in [-0.4, -0.2) is 47.0 Å². The van der Waals surface area contributed by atoms with E-state index in [1.165, 1.54) is 34.5 Å². The Kier molecular flexibility index (Phi) is 6.75. The Morgan fingerprint density at radius 2 is 1.59 bits per heavy atom. The van der Waals surface area contributed by atoms with Gasteiger partial charge in [0.05, 0.1) is 28.4 Å². The zero-order chi connectivity index (χ0) is 16.5. The van der Waals surface area contributed by atoms with Gasteiger partial charge in [-0.1, -0.05) is 0 Å². The van der Waals surface area contributed by atoms with Crippen LogP contribution >= 0.6 is 0 Å². The molecule has 0 aliphatic heterocycles. The molecule has 0 spiro atoms. The lowest BCUT2D eigenvalue weighted by molar-refractivity contribution is -0.143. The molecule has 1 aromatic rings. The summed E-state index contributed by atoms with van der Waals surface area (Å²) in [4.78, 5) is 22.3. The second-order valence-corrected chi connectivity index (χ2v) is 3.98. The first-order chi connectivity index (χ1) is 10.5. The van der Waals surface area contributed by atoms with E-state index in [0.717, 1.165) is 0 Å². The second kappa shape index (κ2) is 8.56. The maximum absolute atomic E-state index is 11.2. The van der Waals surface area contributed by atoms with Crippen molar-refractivity contribution in [2.45, 2.75) is 0 Å². The lowest BCUT2D eigenvalue weighted by atomic mass is 10.1. The molecule has 7 heteroatoms. The molecule has 0 fully saturated rings. The summed E-state index contributed by atoms with van der Waals surface area (Å²) in [6.07, 6.45) is 2.81. The molecule has 0 amide bonds. The number of hydrogen-bond donors (Lipinski definition) is 0. The van der Waals surface area contributed by atoms with Crippen molar-refractivity contribution in [1.29, 1.82) is 0 Å². The van der Waals surface area contributed by atoms with Crippen LogP contribution in [0.1, 0.15) is 5.56 Å². The van der Waals surface area contributed by atoms with Gasteiger partial charge in [0.15, 0.2) is 18.1 Å². The van der Waals surface area contributed by atoms with Gasteiger partial charge >= 0.3 is 11.9 Å². The average molecular weight is 310 g/mol. The number of hydrogen-bond acceptors (Lipinski definition) is 7. The summed E-state index contributed by atoms with van der Waals surface area (Å²) in [7, 11) is 5.46. The molecule has 0 saturated carbocycles. The van der Waals surface area contributed by atoms with Crippen LogP contribution in [-0.2, 0) is 19.1 Å². The van der Waals surface area contributed by atoms with Gasteiger partial charge in [-0.3, -0.25) is 0 Å². The van der Waals surface area contributed by atoms with E-state index in [1.54, 1.807) is 18.2 Å². The average Bonchev–Trinajstić information content (AvgIpc) is 2.56. The molecule has 0 saturated heterocycles. The summed E-state index contributed by atoms with van der Waals surface area (Å²) >= 11 is 0. The molecule has 120 valence electrons. The summed E-state index contributed by atoms with van der Waals surface area (Å²) in [6, 6.07) is 3.27. The van der Waals surface area contributed by atoms with Crippen LogP contribution in [0.25, 0.3) is 6.08 Å². The fraction of sp³-hybridized carbons (Fsp3) is 0.333. The lowest BCUT2D eigenvalue weighted by Crippen LogP contribution is -2.13. The maximum Gasteiger partial charge on any atom is 0.343 e. The minimum Gasteiger partial charge on any atom is -0.493 e. The first-order valence-corrected chi connectivity index (χ1v) is 6.27. The first kappa shape index (κ1) is 17.4. The molecule has 1 aromatic carbocycles. The third-order valence-corrected chi connectivity index (χ3v) is 2.66. The molecule has 0 radical (unpaired) electrons. The third-order valence-electron chi connectivity index (χ3n) is 2.66. The highest BCUT2D eigenvalue weighted by atomic mass is 16.6. The van der Waals surface area contributed by atoms with Crippen molar-refractivity contribution in [2.24, 2.45) is 0 Å². The number of carbonyl (C=O) groups is 2. The largest absolute Gasteiger partial charge is 0.493 e. The first-order valence-electron chi connectivity index (χ1n) is 6.27. The van der Waals surface area contributed by atoms with Crippen LogP contribution in [0.5, 0.6) is 17.2 Å². The lowest BCUT2D eigenvalue weighted by Gasteiger charge is -2.14. The number of methoxy groups -OCH3 is 4. The molecule has 0 N–H and O–H groups in total. The molecule has 0 aliphatic rings. The van der Waals surface area contributed by atoms with Gasteiger partial charge in [-0.2, -0.15) is 0 Å². The van der Waals surface area contributed by atoms with Gasteiger partial charge in [0, 0.05) is 6.08 Å². The molecule has 0 aliphatic carbocycles. The Labute approximate surface area is 128 Å². The van der Waals surface area contributed by atoms with E-state index in [0.29, 0.717) is 17.1 Å². The molecular formula is C15H18O7. The molecule has 0 bridgehead atoms. The topological polar surface area (TPSA) is 80.3 Å². The van der Waals surface area contributed by atoms with Gasteiger partial charge in [-0.25, -0.2) is 9.59 Å². The van der Waals surface area contributed by atoms with Crippen LogP contribution < -0.4 is 14.2 Å². The normalized spacial score (nSPS) is 10.2. The highest BCUT2D eigenvalue weighted by Crippen LogP contribution is 2.38. The highest BCUT2D eigenvalue weighted by Gasteiger charge is 2.15. The minimum absolute atomic E-state index is 0.269. The number of carbonyl (C=O) groups excluding carboxylic acids is 2.